The molecule has 6 nitrogen and oxygen atoms in total. The van der Waals surface area contributed by atoms with Gasteiger partial charge in [-0.3, -0.25) is 0 Å². The summed E-state index contributed by atoms with van der Waals surface area (Å²) in [5, 5.41) is 0.0192. The Bertz CT molecular complexity index is 704. The first kappa shape index (κ1) is 15.9. The molecule has 0 fully saturated rings. The van der Waals surface area contributed by atoms with Crippen molar-refractivity contribution in [3.8, 4) is 0 Å². The van der Waals surface area contributed by atoms with Gasteiger partial charge in [0.1, 0.15) is 0 Å². The van der Waals surface area contributed by atoms with E-state index in [0.717, 1.165) is 10.5 Å². The molecule has 1 heterocycles. The van der Waals surface area contributed by atoms with Crippen LogP contribution in [0.3, 0.4) is 0 Å². The van der Waals surface area contributed by atoms with Crippen molar-refractivity contribution in [2.24, 2.45) is 7.05 Å². The highest BCUT2D eigenvalue weighted by atomic mass is 32.2. The number of nitrogen functional groups attached to an aromatic ring is 1. The molecule has 0 bridgehead atoms. The first-order chi connectivity index (χ1) is 9.86. The Balaban J connectivity index is 2.24. The van der Waals surface area contributed by atoms with Gasteiger partial charge in [-0.1, -0.05) is 12.1 Å². The molecular formula is C13H18N4O2S2. The van der Waals surface area contributed by atoms with Crippen LogP contribution in [0.1, 0.15) is 5.56 Å². The summed E-state index contributed by atoms with van der Waals surface area (Å²) >= 11 is 1.64. The Kier molecular flexibility index (Phi) is 4.60. The van der Waals surface area contributed by atoms with Crippen LogP contribution in [0.4, 0.5) is 5.82 Å². The Morgan fingerprint density at radius 2 is 1.95 bits per heavy atom. The molecule has 0 radical (unpaired) electrons. The van der Waals surface area contributed by atoms with E-state index in [1.807, 2.05) is 30.5 Å². The lowest BCUT2D eigenvalue weighted by Crippen LogP contribution is -2.28. The van der Waals surface area contributed by atoms with Gasteiger partial charge >= 0.3 is 0 Å². The number of nitrogens with two attached hydrogens (primary N) is 1. The van der Waals surface area contributed by atoms with Crippen molar-refractivity contribution in [2.75, 3.05) is 19.0 Å². The van der Waals surface area contributed by atoms with Crippen LogP contribution in [0.5, 0.6) is 0 Å². The average Bonchev–Trinajstić information content (AvgIpc) is 2.79. The minimum atomic E-state index is -3.67. The third-order valence-electron chi connectivity index (χ3n) is 3.13. The zero-order chi connectivity index (χ0) is 15.6. The van der Waals surface area contributed by atoms with Crippen LogP contribution in [-0.2, 0) is 23.6 Å². The summed E-state index contributed by atoms with van der Waals surface area (Å²) in [6, 6.07) is 7.78. The highest BCUT2D eigenvalue weighted by molar-refractivity contribution is 7.98. The summed E-state index contributed by atoms with van der Waals surface area (Å²) in [5.41, 5.74) is 6.57. The summed E-state index contributed by atoms with van der Waals surface area (Å²) in [4.78, 5) is 4.97. The molecule has 1 aromatic heterocycles. The molecule has 1 aromatic carbocycles. The summed E-state index contributed by atoms with van der Waals surface area (Å²) in [7, 11) is -0.527. The number of benzene rings is 1. The molecule has 114 valence electrons. The number of nitrogens with zero attached hydrogens (tertiary/aromatic N) is 3. The molecule has 0 aliphatic carbocycles. The van der Waals surface area contributed by atoms with Crippen molar-refractivity contribution < 1.29 is 8.42 Å². The number of hydrogen-bond acceptors (Lipinski definition) is 5. The third kappa shape index (κ3) is 3.22. The van der Waals surface area contributed by atoms with E-state index in [9.17, 15) is 8.42 Å². The van der Waals surface area contributed by atoms with Crippen molar-refractivity contribution in [1.82, 2.24) is 13.9 Å². The first-order valence-corrected chi connectivity index (χ1v) is 8.89. The fourth-order valence-corrected chi connectivity index (χ4v) is 3.72. The third-order valence-corrected chi connectivity index (χ3v) is 5.81. The molecule has 0 amide bonds. The molecule has 2 rings (SSSR count). The topological polar surface area (TPSA) is 81.2 Å². The number of thioether (sulfide) groups is 1. The van der Waals surface area contributed by atoms with Gasteiger partial charge in [0.15, 0.2) is 10.8 Å². The quantitative estimate of drug-likeness (QED) is 0.843. The summed E-state index contributed by atoms with van der Waals surface area (Å²) in [6.45, 7) is 0.279. The minimum absolute atomic E-state index is 0.0158. The maximum absolute atomic E-state index is 12.5. The van der Waals surface area contributed by atoms with E-state index < -0.39 is 10.0 Å². The predicted molar refractivity (Wildman–Crippen MR) is 84.5 cm³/mol. The zero-order valence-electron chi connectivity index (χ0n) is 12.1. The predicted octanol–water partition coefficient (Wildman–Crippen LogP) is 1.54. The fourth-order valence-electron chi connectivity index (χ4n) is 1.97. The zero-order valence-corrected chi connectivity index (χ0v) is 13.8. The van der Waals surface area contributed by atoms with Crippen LogP contribution >= 0.6 is 11.8 Å². The van der Waals surface area contributed by atoms with Gasteiger partial charge in [-0.2, -0.15) is 4.31 Å². The summed E-state index contributed by atoms with van der Waals surface area (Å²) in [6.07, 6.45) is 3.39. The Morgan fingerprint density at radius 3 is 2.43 bits per heavy atom. The van der Waals surface area contributed by atoms with E-state index in [2.05, 4.69) is 4.98 Å². The Labute approximate surface area is 129 Å². The van der Waals surface area contributed by atoms with Crippen molar-refractivity contribution in [1.29, 1.82) is 0 Å². The number of imidazole rings is 1. The monoisotopic (exact) mass is 326 g/mol. The second kappa shape index (κ2) is 6.08. The molecule has 0 saturated carbocycles. The Hall–Kier alpha value is -1.51. The van der Waals surface area contributed by atoms with Crippen LogP contribution in [0.2, 0.25) is 0 Å². The number of aromatic nitrogens is 2. The van der Waals surface area contributed by atoms with Crippen LogP contribution in [0, 0.1) is 0 Å². The van der Waals surface area contributed by atoms with Crippen LogP contribution in [-0.4, -0.2) is 35.6 Å². The van der Waals surface area contributed by atoms with Gasteiger partial charge in [0.2, 0.25) is 0 Å². The highest BCUT2D eigenvalue weighted by Gasteiger charge is 2.27. The lowest BCUT2D eigenvalue weighted by molar-refractivity contribution is 0.461. The van der Waals surface area contributed by atoms with E-state index in [1.165, 1.54) is 22.2 Å². The van der Waals surface area contributed by atoms with Crippen LogP contribution < -0.4 is 5.73 Å². The maximum Gasteiger partial charge on any atom is 0.262 e. The molecule has 2 aromatic rings. The minimum Gasteiger partial charge on any atom is -0.381 e. The van der Waals surface area contributed by atoms with Crippen molar-refractivity contribution in [3.63, 3.8) is 0 Å². The highest BCUT2D eigenvalue weighted by Crippen LogP contribution is 2.22. The second-order valence-electron chi connectivity index (χ2n) is 4.66. The molecule has 0 atom stereocenters. The molecule has 2 N–H and O–H groups in total. The normalized spacial score (nSPS) is 12.0. The van der Waals surface area contributed by atoms with Gasteiger partial charge < -0.3 is 10.3 Å². The van der Waals surface area contributed by atoms with Gasteiger partial charge in [-0.15, -0.1) is 11.8 Å². The van der Waals surface area contributed by atoms with Gasteiger partial charge in [0.05, 0.1) is 6.33 Å². The second-order valence-corrected chi connectivity index (χ2v) is 7.49. The standard InChI is InChI=1S/C13H18N4O2S2/c1-16-9-15-12(14)13(16)21(18,19)17(2)8-10-4-6-11(20-3)7-5-10/h4-7,9H,8,14H2,1-3H3. The number of aryl methyl sites for hydroxylation is 1. The van der Waals surface area contributed by atoms with Crippen molar-refractivity contribution >= 4 is 27.6 Å². The SMILES string of the molecule is CSc1ccc(CN(C)S(=O)(=O)c2c(N)ncn2C)cc1. The van der Waals surface area contributed by atoms with E-state index in [4.69, 9.17) is 5.73 Å². The van der Waals surface area contributed by atoms with Crippen molar-refractivity contribution in [3.05, 3.63) is 36.2 Å². The van der Waals surface area contributed by atoms with E-state index in [0.29, 0.717) is 0 Å². The fraction of sp³-hybridized carbons (Fsp3) is 0.308. The largest absolute Gasteiger partial charge is 0.381 e. The van der Waals surface area contributed by atoms with Crippen molar-refractivity contribution in [2.45, 2.75) is 16.5 Å². The molecular weight excluding hydrogens is 308 g/mol. The lowest BCUT2D eigenvalue weighted by Gasteiger charge is -2.17. The molecule has 0 aliphatic rings. The maximum atomic E-state index is 12.5. The van der Waals surface area contributed by atoms with Gasteiger partial charge in [0.25, 0.3) is 10.0 Å². The molecule has 0 unspecified atom stereocenters. The smallest absolute Gasteiger partial charge is 0.262 e. The van der Waals surface area contributed by atoms with Crippen LogP contribution in [0.15, 0.2) is 40.5 Å². The Morgan fingerprint density at radius 1 is 1.33 bits per heavy atom. The van der Waals surface area contributed by atoms with E-state index in [1.54, 1.807) is 18.8 Å². The summed E-state index contributed by atoms with van der Waals surface area (Å²) in [5.74, 6) is 0.0158. The van der Waals surface area contributed by atoms with Gasteiger partial charge in [-0.25, -0.2) is 13.4 Å². The molecule has 0 saturated heterocycles. The lowest BCUT2D eigenvalue weighted by atomic mass is 10.2. The molecule has 8 heteroatoms. The average molecular weight is 326 g/mol. The van der Waals surface area contributed by atoms with Crippen LogP contribution in [0.25, 0.3) is 0 Å². The summed E-state index contributed by atoms with van der Waals surface area (Å²) < 4.78 is 27.8. The molecule has 21 heavy (non-hydrogen) atoms. The molecule has 0 spiro atoms. The van der Waals surface area contributed by atoms with Gasteiger partial charge in [-0.05, 0) is 24.0 Å². The first-order valence-electron chi connectivity index (χ1n) is 6.22. The number of rotatable bonds is 5. The number of sulfonamides is 1. The molecule has 0 aliphatic heterocycles. The van der Waals surface area contributed by atoms with E-state index >= 15 is 0 Å². The number of hydrogen-bond donors (Lipinski definition) is 1. The number of anilines is 1. The van der Waals surface area contributed by atoms with E-state index in [-0.39, 0.29) is 17.4 Å². The van der Waals surface area contributed by atoms with Gasteiger partial charge in [0, 0.05) is 25.5 Å².